The molecule has 1 aliphatic rings. The van der Waals surface area contributed by atoms with Crippen LogP contribution >= 0.6 is 0 Å². The van der Waals surface area contributed by atoms with E-state index in [4.69, 9.17) is 10.6 Å². The van der Waals surface area contributed by atoms with E-state index in [1.165, 1.54) is 0 Å². The Morgan fingerprint density at radius 2 is 2.18 bits per heavy atom. The molecule has 0 heterocycles. The van der Waals surface area contributed by atoms with Crippen molar-refractivity contribution in [3.05, 3.63) is 0 Å². The highest BCUT2D eigenvalue weighted by Crippen LogP contribution is 2.42. The Hall–Kier alpha value is -0.810. The van der Waals surface area contributed by atoms with Gasteiger partial charge in [0.1, 0.15) is 0 Å². The van der Waals surface area contributed by atoms with Crippen LogP contribution in [0, 0.1) is 5.41 Å². The number of nitrogens with zero attached hydrogens (tertiary/aromatic N) is 1. The Bertz CT molecular complexity index is 265. The number of nitrogens with one attached hydrogen (secondary N) is 2. The van der Waals surface area contributed by atoms with E-state index < -0.39 is 0 Å². The van der Waals surface area contributed by atoms with E-state index in [0.29, 0.717) is 18.1 Å². The number of ether oxygens (including phenoxy) is 1. The van der Waals surface area contributed by atoms with E-state index in [1.54, 1.807) is 0 Å². The van der Waals surface area contributed by atoms with Crippen LogP contribution in [0.4, 0.5) is 0 Å². The van der Waals surface area contributed by atoms with Crippen molar-refractivity contribution in [3.8, 4) is 0 Å². The highest BCUT2D eigenvalue weighted by Gasteiger charge is 2.49. The molecular weight excluding hydrogens is 216 g/mol. The van der Waals surface area contributed by atoms with Crippen LogP contribution in [0.5, 0.6) is 0 Å². The summed E-state index contributed by atoms with van der Waals surface area (Å²) in [6.07, 6.45) is 2.35. The smallest absolute Gasteiger partial charge is 0.205 e. The second-order valence-corrected chi connectivity index (χ2v) is 5.07. The average molecular weight is 242 g/mol. The average Bonchev–Trinajstić information content (AvgIpc) is 2.32. The summed E-state index contributed by atoms with van der Waals surface area (Å²) in [6.45, 7) is 10.1. The molecule has 0 radical (unpaired) electrons. The molecule has 1 rings (SSSR count). The predicted octanol–water partition coefficient (Wildman–Crippen LogP) is 1.01. The van der Waals surface area contributed by atoms with Gasteiger partial charge in [0.25, 0.3) is 0 Å². The molecule has 100 valence electrons. The Kier molecular flexibility index (Phi) is 5.21. The van der Waals surface area contributed by atoms with Crippen LogP contribution in [0.15, 0.2) is 4.99 Å². The van der Waals surface area contributed by atoms with E-state index in [9.17, 15) is 0 Å². The van der Waals surface area contributed by atoms with Gasteiger partial charge in [0.2, 0.25) is 5.96 Å². The van der Waals surface area contributed by atoms with Crippen molar-refractivity contribution in [2.24, 2.45) is 16.3 Å². The Labute approximate surface area is 104 Å². The van der Waals surface area contributed by atoms with E-state index in [-0.39, 0.29) is 5.41 Å². The number of guanidine groups is 1. The van der Waals surface area contributed by atoms with Crippen LogP contribution in [0.3, 0.4) is 0 Å². The molecule has 2 atom stereocenters. The lowest BCUT2D eigenvalue weighted by molar-refractivity contribution is -0.109. The van der Waals surface area contributed by atoms with E-state index in [0.717, 1.165) is 26.0 Å². The number of aliphatic imine (C=N–C) groups is 1. The minimum atomic E-state index is 0.125. The van der Waals surface area contributed by atoms with Gasteiger partial charge in [-0.05, 0) is 19.8 Å². The minimum Gasteiger partial charge on any atom is -0.378 e. The third-order valence-electron chi connectivity index (χ3n) is 3.49. The molecule has 5 nitrogen and oxygen atoms in total. The molecule has 1 saturated carbocycles. The van der Waals surface area contributed by atoms with Gasteiger partial charge in [-0.25, -0.2) is 5.84 Å². The second-order valence-electron chi connectivity index (χ2n) is 5.07. The molecule has 2 unspecified atom stereocenters. The first-order valence-corrected chi connectivity index (χ1v) is 6.45. The Balaban J connectivity index is 2.48. The fourth-order valence-corrected chi connectivity index (χ4v) is 2.14. The molecule has 0 saturated heterocycles. The van der Waals surface area contributed by atoms with Crippen molar-refractivity contribution in [1.82, 2.24) is 10.7 Å². The molecule has 17 heavy (non-hydrogen) atoms. The second kappa shape index (κ2) is 6.21. The Morgan fingerprint density at radius 3 is 2.65 bits per heavy atom. The molecule has 0 amide bonds. The molecule has 0 spiro atoms. The summed E-state index contributed by atoms with van der Waals surface area (Å²) in [5.41, 5.74) is 2.74. The predicted molar refractivity (Wildman–Crippen MR) is 70.7 cm³/mol. The van der Waals surface area contributed by atoms with Crippen molar-refractivity contribution in [1.29, 1.82) is 0 Å². The highest BCUT2D eigenvalue weighted by atomic mass is 16.5. The summed E-state index contributed by atoms with van der Waals surface area (Å²) in [4.78, 5) is 4.35. The lowest BCUT2D eigenvalue weighted by atomic mass is 9.64. The lowest BCUT2D eigenvalue weighted by Crippen LogP contribution is -2.64. The largest absolute Gasteiger partial charge is 0.378 e. The number of rotatable bonds is 5. The van der Waals surface area contributed by atoms with Crippen LogP contribution in [0.1, 0.15) is 40.5 Å². The zero-order chi connectivity index (χ0) is 12.9. The fraction of sp³-hybridized carbons (Fsp3) is 0.917. The molecule has 0 aromatic heterocycles. The maximum Gasteiger partial charge on any atom is 0.205 e. The van der Waals surface area contributed by atoms with E-state index in [1.807, 2.05) is 6.92 Å². The molecule has 0 aliphatic heterocycles. The summed E-state index contributed by atoms with van der Waals surface area (Å²) in [5.74, 6) is 6.13. The van der Waals surface area contributed by atoms with Crippen LogP contribution in [0.25, 0.3) is 0 Å². The first-order valence-electron chi connectivity index (χ1n) is 6.45. The van der Waals surface area contributed by atoms with Gasteiger partial charge in [-0.15, -0.1) is 0 Å². The quantitative estimate of drug-likeness (QED) is 0.291. The summed E-state index contributed by atoms with van der Waals surface area (Å²) in [5, 5.41) is 3.35. The molecule has 0 aromatic carbocycles. The number of hydrazine groups is 1. The Morgan fingerprint density at radius 1 is 1.47 bits per heavy atom. The first kappa shape index (κ1) is 14.3. The monoisotopic (exact) mass is 242 g/mol. The van der Waals surface area contributed by atoms with E-state index >= 15 is 0 Å². The van der Waals surface area contributed by atoms with Gasteiger partial charge in [-0.3, -0.25) is 10.4 Å². The van der Waals surface area contributed by atoms with Gasteiger partial charge in [0, 0.05) is 24.6 Å². The van der Waals surface area contributed by atoms with Crippen LogP contribution < -0.4 is 16.6 Å². The summed E-state index contributed by atoms with van der Waals surface area (Å²) >= 11 is 0. The number of hydrogen-bond donors (Lipinski definition) is 3. The molecule has 0 bridgehead atoms. The lowest BCUT2D eigenvalue weighted by Gasteiger charge is -2.51. The van der Waals surface area contributed by atoms with Crippen molar-refractivity contribution in [3.63, 3.8) is 0 Å². The normalized spacial score (nSPS) is 27.5. The zero-order valence-corrected chi connectivity index (χ0v) is 11.4. The first-order chi connectivity index (χ1) is 8.06. The fourth-order valence-electron chi connectivity index (χ4n) is 2.14. The standard InChI is InChI=1S/C12H26N4O/c1-5-7-14-11(16-13)15-9-8-10(17-6-2)12(9,3)4/h9-10H,5-8,13H2,1-4H3,(H2,14,15,16). The van der Waals surface area contributed by atoms with Gasteiger partial charge < -0.3 is 10.1 Å². The van der Waals surface area contributed by atoms with Crippen molar-refractivity contribution in [2.75, 3.05) is 13.2 Å². The summed E-state index contributed by atoms with van der Waals surface area (Å²) < 4.78 is 5.69. The van der Waals surface area contributed by atoms with Crippen molar-refractivity contribution < 1.29 is 4.74 Å². The molecule has 5 heteroatoms. The third-order valence-corrected chi connectivity index (χ3v) is 3.49. The van der Waals surface area contributed by atoms with Crippen LogP contribution in [-0.4, -0.2) is 31.3 Å². The topological polar surface area (TPSA) is 71.7 Å². The molecule has 1 fully saturated rings. The van der Waals surface area contributed by atoms with Gasteiger partial charge >= 0.3 is 0 Å². The maximum absolute atomic E-state index is 5.69. The van der Waals surface area contributed by atoms with Crippen molar-refractivity contribution in [2.45, 2.75) is 52.7 Å². The molecular formula is C12H26N4O. The number of hydrogen-bond acceptors (Lipinski definition) is 3. The zero-order valence-electron chi connectivity index (χ0n) is 11.4. The summed E-state index contributed by atoms with van der Waals surface area (Å²) in [7, 11) is 0. The van der Waals surface area contributed by atoms with Gasteiger partial charge in [0.05, 0.1) is 6.10 Å². The van der Waals surface area contributed by atoms with Gasteiger partial charge in [-0.2, -0.15) is 0 Å². The third kappa shape index (κ3) is 3.33. The summed E-state index contributed by atoms with van der Waals surface area (Å²) in [6, 6.07) is 0.366. The van der Waals surface area contributed by atoms with E-state index in [2.05, 4.69) is 36.5 Å². The molecule has 0 aromatic rings. The van der Waals surface area contributed by atoms with Crippen molar-refractivity contribution >= 4 is 5.96 Å². The molecule has 4 N–H and O–H groups in total. The van der Waals surface area contributed by atoms with Crippen LogP contribution in [0.2, 0.25) is 0 Å². The maximum atomic E-state index is 5.69. The minimum absolute atomic E-state index is 0.125. The van der Waals surface area contributed by atoms with Gasteiger partial charge in [-0.1, -0.05) is 20.8 Å². The number of nitrogens with two attached hydrogens (primary N) is 1. The highest BCUT2D eigenvalue weighted by molar-refractivity contribution is 5.79. The van der Waals surface area contributed by atoms with Gasteiger partial charge in [0.15, 0.2) is 0 Å². The SMILES string of the molecule is CCCN=C(NN)NC1CC(OCC)C1(C)C. The molecule has 1 aliphatic carbocycles. The van der Waals surface area contributed by atoms with Crippen LogP contribution in [-0.2, 0) is 4.74 Å².